The van der Waals surface area contributed by atoms with Crippen molar-refractivity contribution in [1.82, 2.24) is 0 Å². The fourth-order valence-electron chi connectivity index (χ4n) is 1.14. The van der Waals surface area contributed by atoms with Gasteiger partial charge >= 0.3 is 0 Å². The van der Waals surface area contributed by atoms with Gasteiger partial charge in [-0.2, -0.15) is 0 Å². The number of ether oxygens (including phenoxy) is 1. The van der Waals surface area contributed by atoms with Crippen LogP contribution in [0.1, 0.15) is 19.3 Å². The predicted octanol–water partition coefficient (Wildman–Crippen LogP) is 3.27. The van der Waals surface area contributed by atoms with Crippen LogP contribution in [-0.4, -0.2) is 13.2 Å². The lowest BCUT2D eigenvalue weighted by Crippen LogP contribution is -2.01. The molecule has 0 bridgehead atoms. The number of hydrogen-bond donors (Lipinski definition) is 1. The summed E-state index contributed by atoms with van der Waals surface area (Å²) in [6.07, 6.45) is 3.26. The van der Waals surface area contributed by atoms with Crippen molar-refractivity contribution in [2.75, 3.05) is 13.2 Å². The van der Waals surface area contributed by atoms with Crippen molar-refractivity contribution in [3.05, 3.63) is 29.3 Å². The molecule has 0 unspecified atom stereocenters. The van der Waals surface area contributed by atoms with Gasteiger partial charge in [0.15, 0.2) is 0 Å². The third-order valence-electron chi connectivity index (χ3n) is 1.93. The molecule has 1 rings (SSSR count). The Morgan fingerprint density at radius 1 is 1.07 bits per heavy atom. The second-order valence-corrected chi connectivity index (χ2v) is 3.59. The van der Waals surface area contributed by atoms with E-state index in [4.69, 9.17) is 22.1 Å². The van der Waals surface area contributed by atoms with E-state index in [0.717, 1.165) is 43.2 Å². The fraction of sp³-hybridized carbons (Fsp3) is 0.455. The van der Waals surface area contributed by atoms with Gasteiger partial charge in [-0.1, -0.05) is 11.6 Å². The second kappa shape index (κ2) is 8.84. The van der Waals surface area contributed by atoms with Gasteiger partial charge in [0.2, 0.25) is 0 Å². The molecule has 0 saturated heterocycles. The van der Waals surface area contributed by atoms with Crippen LogP contribution in [0.3, 0.4) is 0 Å². The van der Waals surface area contributed by atoms with Gasteiger partial charge in [-0.3, -0.25) is 0 Å². The molecule has 0 amide bonds. The molecule has 0 spiro atoms. The van der Waals surface area contributed by atoms with Crippen molar-refractivity contribution in [2.45, 2.75) is 19.3 Å². The van der Waals surface area contributed by atoms with Crippen molar-refractivity contribution in [3.8, 4) is 5.75 Å². The SMILES string of the molecule is Cl.NCCCCCOc1ccc(Cl)cc1. The molecular weight excluding hydrogens is 233 g/mol. The van der Waals surface area contributed by atoms with Crippen molar-refractivity contribution in [1.29, 1.82) is 0 Å². The summed E-state index contributed by atoms with van der Waals surface area (Å²) < 4.78 is 5.51. The lowest BCUT2D eigenvalue weighted by Gasteiger charge is -2.05. The third-order valence-corrected chi connectivity index (χ3v) is 2.18. The van der Waals surface area contributed by atoms with E-state index in [1.165, 1.54) is 0 Å². The van der Waals surface area contributed by atoms with E-state index in [9.17, 15) is 0 Å². The maximum Gasteiger partial charge on any atom is 0.119 e. The third kappa shape index (κ3) is 6.61. The predicted molar refractivity (Wildman–Crippen MR) is 67.1 cm³/mol. The zero-order valence-corrected chi connectivity index (χ0v) is 10.2. The first-order valence-electron chi connectivity index (χ1n) is 4.91. The van der Waals surface area contributed by atoms with Gasteiger partial charge < -0.3 is 10.5 Å². The summed E-state index contributed by atoms with van der Waals surface area (Å²) in [4.78, 5) is 0. The Morgan fingerprint density at radius 2 is 1.73 bits per heavy atom. The summed E-state index contributed by atoms with van der Waals surface area (Å²) in [5.41, 5.74) is 5.38. The molecule has 86 valence electrons. The van der Waals surface area contributed by atoms with Crippen molar-refractivity contribution in [3.63, 3.8) is 0 Å². The first-order valence-corrected chi connectivity index (χ1v) is 5.29. The number of unbranched alkanes of at least 4 members (excludes halogenated alkanes) is 2. The van der Waals surface area contributed by atoms with Crippen molar-refractivity contribution < 1.29 is 4.74 Å². The van der Waals surface area contributed by atoms with Crippen LogP contribution in [0.4, 0.5) is 0 Å². The molecule has 0 radical (unpaired) electrons. The highest BCUT2D eigenvalue weighted by molar-refractivity contribution is 6.30. The lowest BCUT2D eigenvalue weighted by molar-refractivity contribution is 0.305. The highest BCUT2D eigenvalue weighted by Crippen LogP contribution is 2.15. The number of halogens is 2. The molecule has 0 saturated carbocycles. The summed E-state index contributed by atoms with van der Waals surface area (Å²) in [5, 5.41) is 0.737. The Bertz CT molecular complexity index is 251. The molecule has 0 aliphatic heterocycles. The zero-order chi connectivity index (χ0) is 10.2. The molecule has 0 aromatic heterocycles. The minimum atomic E-state index is 0. The van der Waals surface area contributed by atoms with Gasteiger partial charge in [0, 0.05) is 5.02 Å². The summed E-state index contributed by atoms with van der Waals surface area (Å²) in [5.74, 6) is 0.877. The Balaban J connectivity index is 0.00000196. The van der Waals surface area contributed by atoms with Crippen LogP contribution in [0.25, 0.3) is 0 Å². The number of benzene rings is 1. The fourth-order valence-corrected chi connectivity index (χ4v) is 1.27. The van der Waals surface area contributed by atoms with E-state index >= 15 is 0 Å². The quantitative estimate of drug-likeness (QED) is 0.786. The van der Waals surface area contributed by atoms with Crippen LogP contribution < -0.4 is 10.5 Å². The average Bonchev–Trinajstić information content (AvgIpc) is 2.21. The molecule has 2 nitrogen and oxygen atoms in total. The average molecular weight is 250 g/mol. The minimum Gasteiger partial charge on any atom is -0.494 e. The smallest absolute Gasteiger partial charge is 0.119 e. The van der Waals surface area contributed by atoms with Gasteiger partial charge in [-0.15, -0.1) is 12.4 Å². The van der Waals surface area contributed by atoms with E-state index in [1.54, 1.807) is 0 Å². The topological polar surface area (TPSA) is 35.2 Å². The van der Waals surface area contributed by atoms with Gasteiger partial charge in [0.05, 0.1) is 6.61 Å². The molecule has 15 heavy (non-hydrogen) atoms. The Labute approximate surface area is 102 Å². The molecule has 0 atom stereocenters. The number of rotatable bonds is 6. The summed E-state index contributed by atoms with van der Waals surface area (Å²) in [6.45, 7) is 1.52. The number of hydrogen-bond acceptors (Lipinski definition) is 2. The molecule has 0 heterocycles. The molecule has 0 aliphatic carbocycles. The molecule has 4 heteroatoms. The van der Waals surface area contributed by atoms with Crippen LogP contribution in [0.2, 0.25) is 5.02 Å². The molecule has 1 aromatic carbocycles. The van der Waals surface area contributed by atoms with E-state index < -0.39 is 0 Å². The molecule has 2 N–H and O–H groups in total. The normalized spacial score (nSPS) is 9.47. The van der Waals surface area contributed by atoms with Crippen molar-refractivity contribution >= 4 is 24.0 Å². The Kier molecular flexibility index (Phi) is 8.58. The first kappa shape index (κ1) is 14.6. The molecule has 0 fully saturated rings. The zero-order valence-electron chi connectivity index (χ0n) is 8.62. The van der Waals surface area contributed by atoms with Crippen LogP contribution in [0.5, 0.6) is 5.75 Å². The van der Waals surface area contributed by atoms with Gasteiger partial charge in [0.1, 0.15) is 5.75 Å². The lowest BCUT2D eigenvalue weighted by atomic mass is 10.2. The summed E-state index contributed by atoms with van der Waals surface area (Å²) in [6, 6.07) is 7.42. The van der Waals surface area contributed by atoms with Crippen molar-refractivity contribution in [2.24, 2.45) is 5.73 Å². The first-order chi connectivity index (χ1) is 6.83. The van der Waals surface area contributed by atoms with Crippen LogP contribution in [0, 0.1) is 0 Å². The standard InChI is InChI=1S/C11H16ClNO.ClH/c12-10-4-6-11(7-5-10)14-9-3-1-2-8-13;/h4-7H,1-3,8-9,13H2;1H. The van der Waals surface area contributed by atoms with E-state index in [-0.39, 0.29) is 12.4 Å². The van der Waals surface area contributed by atoms with Gasteiger partial charge in [-0.25, -0.2) is 0 Å². The maximum atomic E-state index is 5.74. The molecular formula is C11H17Cl2NO. The maximum absolute atomic E-state index is 5.74. The molecule has 1 aromatic rings. The van der Waals surface area contributed by atoms with E-state index in [2.05, 4.69) is 0 Å². The highest BCUT2D eigenvalue weighted by Gasteiger charge is 1.93. The number of nitrogens with two attached hydrogens (primary N) is 1. The van der Waals surface area contributed by atoms with Crippen LogP contribution in [-0.2, 0) is 0 Å². The van der Waals surface area contributed by atoms with Gasteiger partial charge in [-0.05, 0) is 50.1 Å². The second-order valence-electron chi connectivity index (χ2n) is 3.15. The summed E-state index contributed by atoms with van der Waals surface area (Å²) in [7, 11) is 0. The Hall–Kier alpha value is -0.440. The minimum absolute atomic E-state index is 0. The van der Waals surface area contributed by atoms with Crippen LogP contribution in [0.15, 0.2) is 24.3 Å². The summed E-state index contributed by atoms with van der Waals surface area (Å²) >= 11 is 5.74. The van der Waals surface area contributed by atoms with E-state index in [0.29, 0.717) is 0 Å². The van der Waals surface area contributed by atoms with E-state index in [1.807, 2.05) is 24.3 Å². The highest BCUT2D eigenvalue weighted by atomic mass is 35.5. The Morgan fingerprint density at radius 3 is 2.33 bits per heavy atom. The molecule has 0 aliphatic rings. The monoisotopic (exact) mass is 249 g/mol. The largest absolute Gasteiger partial charge is 0.494 e. The van der Waals surface area contributed by atoms with Gasteiger partial charge in [0.25, 0.3) is 0 Å². The van der Waals surface area contributed by atoms with Crippen LogP contribution >= 0.6 is 24.0 Å².